The summed E-state index contributed by atoms with van der Waals surface area (Å²) in [6, 6.07) is 0. The monoisotopic (exact) mass is 310 g/mol. The number of rotatable bonds is 2. The summed E-state index contributed by atoms with van der Waals surface area (Å²) < 4.78 is 3.45. The molecule has 0 heterocycles. The third-order valence-corrected chi connectivity index (χ3v) is 5.27. The molecule has 3 heteroatoms. The maximum atomic E-state index is 2.75. The van der Waals surface area contributed by atoms with Crippen LogP contribution in [0, 0.1) is 0 Å². The zero-order valence-electron chi connectivity index (χ0n) is 11.4. The van der Waals surface area contributed by atoms with E-state index in [4.69, 9.17) is 0 Å². The molecule has 0 unspecified atom stereocenters. The van der Waals surface area contributed by atoms with Gasteiger partial charge >= 0.3 is 79.1 Å². The summed E-state index contributed by atoms with van der Waals surface area (Å²) in [5, 5.41) is 5.50. The van der Waals surface area contributed by atoms with E-state index < -0.39 is 0 Å². The van der Waals surface area contributed by atoms with Crippen LogP contribution in [0.2, 0.25) is 0 Å². The first-order chi connectivity index (χ1) is 8.28. The summed E-state index contributed by atoms with van der Waals surface area (Å²) in [5.41, 5.74) is 0. The van der Waals surface area contributed by atoms with Gasteiger partial charge in [-0.25, -0.2) is 0 Å². The molecule has 0 saturated carbocycles. The van der Waals surface area contributed by atoms with Gasteiger partial charge in [0.2, 0.25) is 0 Å². The van der Waals surface area contributed by atoms with Crippen molar-refractivity contribution in [1.82, 2.24) is 10.6 Å². The minimum Gasteiger partial charge on any atom is -0.323 e. The van der Waals surface area contributed by atoms with Crippen LogP contribution in [0.5, 0.6) is 0 Å². The standard InChI is InChI=1S/2C5H5.2C2H7N.Zr/c2*1-2-4-5-3-1;2*1-3-2;/h2*1-3H,4H2;2*3H,1-2H3;. The van der Waals surface area contributed by atoms with E-state index in [2.05, 4.69) is 47.1 Å². The molecule has 0 aliphatic heterocycles. The van der Waals surface area contributed by atoms with Gasteiger partial charge in [0.1, 0.15) is 0 Å². The molecule has 0 atom stereocenters. The molecule has 2 rings (SSSR count). The normalized spacial score (nSPS) is 15.3. The van der Waals surface area contributed by atoms with Crippen molar-refractivity contribution in [1.29, 1.82) is 0 Å². The summed E-state index contributed by atoms with van der Waals surface area (Å²) in [4.78, 5) is 0. The maximum absolute atomic E-state index is 2.75. The second kappa shape index (κ2) is 12.2. The Morgan fingerprint density at radius 2 is 1.18 bits per heavy atom. The first-order valence-electron chi connectivity index (χ1n) is 5.93. The van der Waals surface area contributed by atoms with Crippen LogP contribution in [0.1, 0.15) is 12.8 Å². The SMILES string of the molecule is C1=CC[C]([Zr][C]2=CC=CC2)=C1.CNC.CNC. The summed E-state index contributed by atoms with van der Waals surface area (Å²) in [6.07, 6.45) is 16.0. The van der Waals surface area contributed by atoms with Crippen molar-refractivity contribution in [3.05, 3.63) is 43.0 Å². The van der Waals surface area contributed by atoms with Crippen LogP contribution in [0.15, 0.2) is 43.0 Å². The second-order valence-corrected chi connectivity index (χ2v) is 7.55. The van der Waals surface area contributed by atoms with Crippen LogP contribution in [-0.2, 0) is 23.2 Å². The van der Waals surface area contributed by atoms with E-state index >= 15 is 0 Å². The minimum absolute atomic E-state index is 0.312. The molecule has 0 aromatic rings. The number of nitrogens with one attached hydrogen (secondary N) is 2. The Morgan fingerprint density at radius 1 is 0.824 bits per heavy atom. The molecule has 0 aromatic heterocycles. The van der Waals surface area contributed by atoms with E-state index in [1.807, 2.05) is 28.2 Å². The number of hydrogen-bond acceptors (Lipinski definition) is 2. The minimum atomic E-state index is -0.312. The van der Waals surface area contributed by atoms with Crippen LogP contribution in [0.3, 0.4) is 0 Å². The Bertz CT molecular complexity index is 271. The summed E-state index contributed by atoms with van der Waals surface area (Å²) in [7, 11) is 7.50. The molecular weight excluding hydrogens is 287 g/mol. The van der Waals surface area contributed by atoms with Gasteiger partial charge in [0.25, 0.3) is 0 Å². The molecule has 0 spiro atoms. The topological polar surface area (TPSA) is 24.1 Å². The fourth-order valence-corrected chi connectivity index (χ4v) is 4.26. The van der Waals surface area contributed by atoms with Crippen molar-refractivity contribution in [2.75, 3.05) is 28.2 Å². The number of allylic oxidation sites excluding steroid dienone is 8. The van der Waals surface area contributed by atoms with Crippen molar-refractivity contribution in [3.8, 4) is 0 Å². The second-order valence-electron chi connectivity index (χ2n) is 3.77. The Labute approximate surface area is 118 Å². The van der Waals surface area contributed by atoms with Crippen molar-refractivity contribution >= 4 is 0 Å². The first-order valence-corrected chi connectivity index (χ1v) is 8.39. The first kappa shape index (κ1) is 16.8. The van der Waals surface area contributed by atoms with Gasteiger partial charge in [-0.15, -0.1) is 0 Å². The van der Waals surface area contributed by atoms with E-state index in [1.54, 1.807) is 6.56 Å². The molecule has 94 valence electrons. The Hall–Kier alpha value is -0.237. The summed E-state index contributed by atoms with van der Waals surface area (Å²) in [6.45, 7) is 0. The molecule has 17 heavy (non-hydrogen) atoms. The molecule has 2 nitrogen and oxygen atoms in total. The Morgan fingerprint density at radius 3 is 1.41 bits per heavy atom. The fourth-order valence-electron chi connectivity index (χ4n) is 1.29. The number of hydrogen-bond donors (Lipinski definition) is 2. The quantitative estimate of drug-likeness (QED) is 0.818. The predicted molar refractivity (Wildman–Crippen MR) is 73.6 cm³/mol. The Kier molecular flexibility index (Phi) is 12.1. The smallest absolute Gasteiger partial charge is 0.0167 e. The van der Waals surface area contributed by atoms with Gasteiger partial charge in [-0.05, 0) is 28.2 Å². The van der Waals surface area contributed by atoms with E-state index in [0.29, 0.717) is 0 Å². The third kappa shape index (κ3) is 9.46. The van der Waals surface area contributed by atoms with Gasteiger partial charge in [-0.1, -0.05) is 0 Å². The van der Waals surface area contributed by atoms with Crippen LogP contribution >= 0.6 is 0 Å². The van der Waals surface area contributed by atoms with Crippen LogP contribution in [-0.4, -0.2) is 28.2 Å². The van der Waals surface area contributed by atoms with Gasteiger partial charge in [0.05, 0.1) is 0 Å². The van der Waals surface area contributed by atoms with Crippen LogP contribution < -0.4 is 10.6 Å². The van der Waals surface area contributed by atoms with E-state index in [-0.39, 0.29) is 23.2 Å². The van der Waals surface area contributed by atoms with Crippen molar-refractivity contribution < 1.29 is 23.2 Å². The van der Waals surface area contributed by atoms with Gasteiger partial charge in [-0.2, -0.15) is 0 Å². The molecule has 2 aliphatic carbocycles. The fraction of sp³-hybridized carbons (Fsp3) is 0.429. The van der Waals surface area contributed by atoms with Crippen LogP contribution in [0.4, 0.5) is 0 Å². The van der Waals surface area contributed by atoms with Crippen LogP contribution in [0.25, 0.3) is 0 Å². The van der Waals surface area contributed by atoms with E-state index in [1.165, 1.54) is 12.8 Å². The molecular formula is C14H24N2Zr. The largest absolute Gasteiger partial charge is 0.323 e. The zero-order valence-corrected chi connectivity index (χ0v) is 13.8. The molecule has 0 saturated heterocycles. The molecule has 2 N–H and O–H groups in total. The average molecular weight is 312 g/mol. The molecule has 0 amide bonds. The average Bonchev–Trinajstić information content (AvgIpc) is 2.94. The van der Waals surface area contributed by atoms with Gasteiger partial charge in [0, 0.05) is 0 Å². The zero-order chi connectivity index (χ0) is 12.9. The van der Waals surface area contributed by atoms with E-state index in [0.717, 1.165) is 0 Å². The molecule has 0 bridgehead atoms. The van der Waals surface area contributed by atoms with Gasteiger partial charge in [0.15, 0.2) is 0 Å². The van der Waals surface area contributed by atoms with Crippen molar-refractivity contribution in [2.24, 2.45) is 0 Å². The van der Waals surface area contributed by atoms with Crippen molar-refractivity contribution in [2.45, 2.75) is 12.8 Å². The Balaban J connectivity index is 0.000000366. The summed E-state index contributed by atoms with van der Waals surface area (Å²) >= 11 is -0.312. The molecule has 0 fully saturated rings. The molecule has 2 aliphatic rings. The maximum Gasteiger partial charge on any atom is -0.0167 e. The predicted octanol–water partition coefficient (Wildman–Crippen LogP) is 2.43. The van der Waals surface area contributed by atoms with E-state index in [9.17, 15) is 0 Å². The van der Waals surface area contributed by atoms with Gasteiger partial charge in [-0.3, -0.25) is 0 Å². The molecule has 0 radical (unpaired) electrons. The third-order valence-electron chi connectivity index (χ3n) is 1.86. The van der Waals surface area contributed by atoms with Crippen molar-refractivity contribution in [3.63, 3.8) is 0 Å². The van der Waals surface area contributed by atoms with Gasteiger partial charge < -0.3 is 10.6 Å². The molecule has 0 aromatic carbocycles. The summed E-state index contributed by atoms with van der Waals surface area (Å²) in [5.74, 6) is 0.